The molecule has 1 heteroatoms. The lowest BCUT2D eigenvalue weighted by atomic mass is 10.1. The van der Waals surface area contributed by atoms with Crippen LogP contribution < -0.4 is 0 Å². The van der Waals surface area contributed by atoms with Crippen LogP contribution in [-0.4, -0.2) is 6.16 Å². The molecular formula is C17H35P. The number of allylic oxidation sites excluding steroid dienone is 1. The van der Waals surface area contributed by atoms with Gasteiger partial charge in [0, 0.05) is 0 Å². The Bertz CT molecular complexity index is 163. The molecule has 0 aliphatic heterocycles. The molecule has 0 bridgehead atoms. The molecule has 0 aliphatic carbocycles. The fourth-order valence-electron chi connectivity index (χ4n) is 2.13. The summed E-state index contributed by atoms with van der Waals surface area (Å²) in [6.07, 6.45) is 20.9. The van der Waals surface area contributed by atoms with Crippen molar-refractivity contribution in [1.82, 2.24) is 0 Å². The molecule has 0 N–H and O–H groups in total. The molecule has 0 rings (SSSR count). The molecule has 1 unspecified atom stereocenters. The molecule has 0 fully saturated rings. The molecule has 0 aliphatic rings. The van der Waals surface area contributed by atoms with Crippen molar-refractivity contribution in [2.75, 3.05) is 6.16 Å². The van der Waals surface area contributed by atoms with Crippen molar-refractivity contribution in [3.8, 4) is 0 Å². The highest BCUT2D eigenvalue weighted by atomic mass is 31.1. The maximum absolute atomic E-state index is 2.40. The zero-order valence-corrected chi connectivity index (χ0v) is 13.8. The molecule has 0 saturated carbocycles. The summed E-state index contributed by atoms with van der Waals surface area (Å²) in [5.41, 5.74) is 0. The van der Waals surface area contributed by atoms with Crippen molar-refractivity contribution in [2.24, 2.45) is 0 Å². The van der Waals surface area contributed by atoms with Crippen LogP contribution in [0.4, 0.5) is 0 Å². The Hall–Kier alpha value is 0.170. The Morgan fingerprint density at radius 1 is 0.667 bits per heavy atom. The third kappa shape index (κ3) is 16.2. The number of unbranched alkanes of at least 4 members (excludes halogenated alkanes) is 10. The van der Waals surface area contributed by atoms with E-state index in [1.54, 1.807) is 0 Å². The minimum Gasteiger partial charge on any atom is -0.0987 e. The van der Waals surface area contributed by atoms with E-state index < -0.39 is 0 Å². The summed E-state index contributed by atoms with van der Waals surface area (Å²) in [5, 5.41) is 0. The van der Waals surface area contributed by atoms with Crippen molar-refractivity contribution in [1.29, 1.82) is 0 Å². The van der Waals surface area contributed by atoms with Crippen molar-refractivity contribution in [3.05, 3.63) is 11.9 Å². The van der Waals surface area contributed by atoms with Gasteiger partial charge in [0.05, 0.1) is 0 Å². The van der Waals surface area contributed by atoms with Gasteiger partial charge < -0.3 is 0 Å². The Morgan fingerprint density at radius 3 is 1.78 bits per heavy atom. The van der Waals surface area contributed by atoms with Gasteiger partial charge in [0.2, 0.25) is 0 Å². The molecule has 1 atom stereocenters. The molecule has 108 valence electrons. The lowest BCUT2D eigenvalue weighted by molar-refractivity contribution is 0.563. The largest absolute Gasteiger partial charge is 0.0987 e. The van der Waals surface area contributed by atoms with Crippen LogP contribution in [0.1, 0.15) is 90.9 Å². The van der Waals surface area contributed by atoms with E-state index in [1.165, 1.54) is 83.2 Å². The first-order chi connectivity index (χ1) is 8.91. The Balaban J connectivity index is 2.94. The summed E-state index contributed by atoms with van der Waals surface area (Å²) in [4.78, 5) is 0. The highest BCUT2D eigenvalue weighted by Gasteiger charge is 1.92. The predicted molar refractivity (Wildman–Crippen MR) is 89.1 cm³/mol. The fourth-order valence-corrected chi connectivity index (χ4v) is 3.09. The topological polar surface area (TPSA) is 0 Å². The highest BCUT2D eigenvalue weighted by molar-refractivity contribution is 7.41. The number of hydrogen-bond donors (Lipinski definition) is 0. The van der Waals surface area contributed by atoms with Gasteiger partial charge in [0.1, 0.15) is 0 Å². The lowest BCUT2D eigenvalue weighted by Gasteiger charge is -2.01. The van der Waals surface area contributed by atoms with Crippen LogP contribution in [0, 0.1) is 0 Å². The van der Waals surface area contributed by atoms with Crippen LogP contribution in [0.15, 0.2) is 11.9 Å². The predicted octanol–water partition coefficient (Wildman–Crippen LogP) is 6.90. The fraction of sp³-hybridized carbons (Fsp3) is 0.882. The van der Waals surface area contributed by atoms with E-state index >= 15 is 0 Å². The average molecular weight is 270 g/mol. The van der Waals surface area contributed by atoms with Crippen LogP contribution in [0.3, 0.4) is 0 Å². The van der Waals surface area contributed by atoms with Gasteiger partial charge in [0.15, 0.2) is 0 Å². The van der Waals surface area contributed by atoms with Crippen LogP contribution in [0.2, 0.25) is 0 Å². The summed E-state index contributed by atoms with van der Waals surface area (Å²) < 4.78 is 0. The molecule has 18 heavy (non-hydrogen) atoms. The molecular weight excluding hydrogens is 235 g/mol. The molecule has 0 saturated heterocycles. The molecule has 0 amide bonds. The van der Waals surface area contributed by atoms with E-state index in [9.17, 15) is 0 Å². The van der Waals surface area contributed by atoms with Gasteiger partial charge in [-0.15, -0.1) is 0 Å². The van der Waals surface area contributed by atoms with Gasteiger partial charge >= 0.3 is 0 Å². The van der Waals surface area contributed by atoms with E-state index in [4.69, 9.17) is 0 Å². The summed E-state index contributed by atoms with van der Waals surface area (Å²) in [7, 11) is 1.07. The summed E-state index contributed by atoms with van der Waals surface area (Å²) in [6, 6.07) is 0. The normalized spacial score (nSPS) is 12.1. The van der Waals surface area contributed by atoms with E-state index in [0.717, 1.165) is 8.58 Å². The number of rotatable bonds is 14. The first-order valence-corrected chi connectivity index (χ1v) is 9.58. The third-order valence-corrected chi connectivity index (χ3v) is 4.48. The van der Waals surface area contributed by atoms with Crippen molar-refractivity contribution in [3.63, 3.8) is 0 Å². The van der Waals surface area contributed by atoms with Gasteiger partial charge in [0.25, 0.3) is 0 Å². The quantitative estimate of drug-likeness (QED) is 0.238. The monoisotopic (exact) mass is 270 g/mol. The van der Waals surface area contributed by atoms with E-state index in [2.05, 4.69) is 25.7 Å². The zero-order chi connectivity index (χ0) is 13.3. The Morgan fingerprint density at radius 2 is 1.22 bits per heavy atom. The zero-order valence-electron chi connectivity index (χ0n) is 12.8. The molecule has 0 aromatic heterocycles. The van der Waals surface area contributed by atoms with Crippen LogP contribution in [0.25, 0.3) is 0 Å². The average Bonchev–Trinajstić information content (AvgIpc) is 2.39. The molecule has 0 radical (unpaired) electrons. The smallest absolute Gasteiger partial charge is 0.0319 e. The third-order valence-electron chi connectivity index (χ3n) is 3.37. The summed E-state index contributed by atoms with van der Waals surface area (Å²) in [6.45, 7) is 4.54. The first-order valence-electron chi connectivity index (χ1n) is 8.30. The Kier molecular flexibility index (Phi) is 17.3. The second-order valence-corrected chi connectivity index (χ2v) is 6.57. The SMILES string of the molecule is CCCC=CPCCCCCCCCCCCC. The van der Waals surface area contributed by atoms with E-state index in [-0.39, 0.29) is 0 Å². The minimum absolute atomic E-state index is 1.07. The van der Waals surface area contributed by atoms with Gasteiger partial charge in [-0.05, 0) is 19.0 Å². The second kappa shape index (κ2) is 17.2. The molecule has 0 aromatic rings. The van der Waals surface area contributed by atoms with Crippen LogP contribution in [0.5, 0.6) is 0 Å². The van der Waals surface area contributed by atoms with Gasteiger partial charge in [-0.2, -0.15) is 0 Å². The Labute approximate surface area is 118 Å². The highest BCUT2D eigenvalue weighted by Crippen LogP contribution is 2.17. The van der Waals surface area contributed by atoms with Crippen molar-refractivity contribution in [2.45, 2.75) is 90.9 Å². The maximum atomic E-state index is 2.40. The second-order valence-electron chi connectivity index (χ2n) is 5.33. The molecule has 0 spiro atoms. The van der Waals surface area contributed by atoms with Crippen LogP contribution in [-0.2, 0) is 0 Å². The maximum Gasteiger partial charge on any atom is -0.0319 e. The molecule has 0 nitrogen and oxygen atoms in total. The van der Waals surface area contributed by atoms with Crippen molar-refractivity contribution < 1.29 is 0 Å². The van der Waals surface area contributed by atoms with Crippen LogP contribution >= 0.6 is 8.58 Å². The summed E-state index contributed by atoms with van der Waals surface area (Å²) in [5.74, 6) is 2.40. The van der Waals surface area contributed by atoms with Gasteiger partial charge in [-0.3, -0.25) is 0 Å². The summed E-state index contributed by atoms with van der Waals surface area (Å²) >= 11 is 0. The lowest BCUT2D eigenvalue weighted by Crippen LogP contribution is -1.82. The number of hydrogen-bond acceptors (Lipinski definition) is 0. The van der Waals surface area contributed by atoms with Gasteiger partial charge in [-0.25, -0.2) is 0 Å². The van der Waals surface area contributed by atoms with E-state index in [0.29, 0.717) is 0 Å². The van der Waals surface area contributed by atoms with Crippen molar-refractivity contribution >= 4 is 8.58 Å². The minimum atomic E-state index is 1.07. The standard InChI is InChI=1S/C17H35P/c1-3-5-7-8-9-10-11-12-13-15-17-18-16-14-6-4-2/h14,16,18H,3-13,15,17H2,1-2H3. The first kappa shape index (κ1) is 18.2. The van der Waals surface area contributed by atoms with Gasteiger partial charge in [-0.1, -0.05) is 98.5 Å². The molecule has 0 aromatic carbocycles. The molecule has 0 heterocycles. The van der Waals surface area contributed by atoms with E-state index in [1.807, 2.05) is 0 Å².